The lowest BCUT2D eigenvalue weighted by Crippen LogP contribution is -2.31. The number of carbonyl (C=O) groups excluding carboxylic acids is 3. The first-order valence-corrected chi connectivity index (χ1v) is 8.71. The molecule has 3 rings (SSSR count). The van der Waals surface area contributed by atoms with Gasteiger partial charge >= 0.3 is 5.97 Å². The second-order valence-electron chi connectivity index (χ2n) is 6.34. The third kappa shape index (κ3) is 3.38. The normalized spacial score (nSPS) is 18.1. The fourth-order valence-corrected chi connectivity index (χ4v) is 3.27. The molecule has 0 spiro atoms. The molecule has 0 radical (unpaired) electrons. The lowest BCUT2D eigenvalue weighted by Gasteiger charge is -2.19. The second kappa shape index (κ2) is 7.52. The van der Waals surface area contributed by atoms with Crippen molar-refractivity contribution in [1.29, 1.82) is 0 Å². The number of amides is 2. The van der Waals surface area contributed by atoms with Gasteiger partial charge in [0.1, 0.15) is 0 Å². The molecular formula is C21H21NO4. The van der Waals surface area contributed by atoms with Crippen molar-refractivity contribution in [3.63, 3.8) is 0 Å². The van der Waals surface area contributed by atoms with Gasteiger partial charge in [0.15, 0.2) is 0 Å². The molecule has 5 heteroatoms. The SMILES string of the molecule is CCOC(=O)c1ccc(N2C(=O)C[C@H]([C@H](C)c3ccccc3)C2=O)cc1. The molecule has 134 valence electrons. The maximum atomic E-state index is 12.9. The monoisotopic (exact) mass is 351 g/mol. The van der Waals surface area contributed by atoms with Crippen LogP contribution in [0.1, 0.15) is 42.1 Å². The minimum absolute atomic E-state index is 0.0449. The smallest absolute Gasteiger partial charge is 0.338 e. The van der Waals surface area contributed by atoms with Crippen molar-refractivity contribution in [2.45, 2.75) is 26.2 Å². The number of anilines is 1. The topological polar surface area (TPSA) is 63.7 Å². The molecular weight excluding hydrogens is 330 g/mol. The highest BCUT2D eigenvalue weighted by Gasteiger charge is 2.42. The molecule has 5 nitrogen and oxygen atoms in total. The van der Waals surface area contributed by atoms with Crippen molar-refractivity contribution in [3.8, 4) is 0 Å². The molecule has 26 heavy (non-hydrogen) atoms. The fourth-order valence-electron chi connectivity index (χ4n) is 3.27. The number of imide groups is 1. The third-order valence-electron chi connectivity index (χ3n) is 4.75. The van der Waals surface area contributed by atoms with E-state index in [-0.39, 0.29) is 30.1 Å². The molecule has 2 aromatic rings. The summed E-state index contributed by atoms with van der Waals surface area (Å²) in [5.74, 6) is -1.26. The number of ether oxygens (including phenoxy) is 1. The van der Waals surface area contributed by atoms with E-state index in [0.29, 0.717) is 17.9 Å². The van der Waals surface area contributed by atoms with E-state index in [9.17, 15) is 14.4 Å². The second-order valence-corrected chi connectivity index (χ2v) is 6.34. The summed E-state index contributed by atoms with van der Waals surface area (Å²) >= 11 is 0. The van der Waals surface area contributed by atoms with Gasteiger partial charge in [-0.1, -0.05) is 37.3 Å². The van der Waals surface area contributed by atoms with Gasteiger partial charge in [0.25, 0.3) is 0 Å². The van der Waals surface area contributed by atoms with Crippen LogP contribution in [-0.4, -0.2) is 24.4 Å². The third-order valence-corrected chi connectivity index (χ3v) is 4.75. The highest BCUT2D eigenvalue weighted by molar-refractivity contribution is 6.21. The van der Waals surface area contributed by atoms with Crippen molar-refractivity contribution < 1.29 is 19.1 Å². The van der Waals surface area contributed by atoms with E-state index in [0.717, 1.165) is 5.56 Å². The van der Waals surface area contributed by atoms with Gasteiger partial charge in [0, 0.05) is 6.42 Å². The molecule has 0 N–H and O–H groups in total. The van der Waals surface area contributed by atoms with Crippen LogP contribution in [0, 0.1) is 5.92 Å². The van der Waals surface area contributed by atoms with E-state index in [1.54, 1.807) is 31.2 Å². The van der Waals surface area contributed by atoms with E-state index >= 15 is 0 Å². The van der Waals surface area contributed by atoms with Gasteiger partial charge < -0.3 is 4.74 Å². The lowest BCUT2D eigenvalue weighted by atomic mass is 9.86. The summed E-state index contributed by atoms with van der Waals surface area (Å²) in [6.07, 6.45) is 0.189. The van der Waals surface area contributed by atoms with Gasteiger partial charge in [-0.2, -0.15) is 0 Å². The minimum atomic E-state index is -0.422. The highest BCUT2D eigenvalue weighted by atomic mass is 16.5. The maximum Gasteiger partial charge on any atom is 0.338 e. The number of hydrogen-bond donors (Lipinski definition) is 0. The predicted molar refractivity (Wildman–Crippen MR) is 97.9 cm³/mol. The molecule has 0 aromatic heterocycles. The van der Waals surface area contributed by atoms with Crippen molar-refractivity contribution in [3.05, 3.63) is 65.7 Å². The van der Waals surface area contributed by atoms with Crippen molar-refractivity contribution in [2.24, 2.45) is 5.92 Å². The molecule has 1 heterocycles. The first-order valence-electron chi connectivity index (χ1n) is 8.71. The predicted octanol–water partition coefficient (Wildman–Crippen LogP) is 3.55. The van der Waals surface area contributed by atoms with Gasteiger partial charge in [-0.3, -0.25) is 14.5 Å². The maximum absolute atomic E-state index is 12.9. The number of hydrogen-bond acceptors (Lipinski definition) is 4. The minimum Gasteiger partial charge on any atom is -0.462 e. The average Bonchev–Trinajstić information content (AvgIpc) is 2.96. The Balaban J connectivity index is 1.80. The Kier molecular flexibility index (Phi) is 5.16. The summed E-state index contributed by atoms with van der Waals surface area (Å²) in [5.41, 5.74) is 1.91. The molecule has 0 unspecified atom stereocenters. The van der Waals surface area contributed by atoms with E-state index < -0.39 is 5.97 Å². The number of nitrogens with zero attached hydrogens (tertiary/aromatic N) is 1. The molecule has 1 aliphatic heterocycles. The van der Waals surface area contributed by atoms with Crippen LogP contribution in [0.15, 0.2) is 54.6 Å². The Bertz CT molecular complexity index is 814. The molecule has 2 atom stereocenters. The van der Waals surface area contributed by atoms with E-state index in [1.807, 2.05) is 37.3 Å². The average molecular weight is 351 g/mol. The van der Waals surface area contributed by atoms with Crippen LogP contribution in [0.3, 0.4) is 0 Å². The molecule has 2 aromatic carbocycles. The largest absolute Gasteiger partial charge is 0.462 e. The van der Waals surface area contributed by atoms with Crippen LogP contribution in [0.2, 0.25) is 0 Å². The molecule has 1 saturated heterocycles. The van der Waals surface area contributed by atoms with E-state index in [2.05, 4.69) is 0 Å². The zero-order valence-electron chi connectivity index (χ0n) is 14.8. The number of carbonyl (C=O) groups is 3. The Labute approximate surface area is 152 Å². The van der Waals surface area contributed by atoms with Crippen molar-refractivity contribution >= 4 is 23.5 Å². The van der Waals surface area contributed by atoms with Crippen LogP contribution in [0.4, 0.5) is 5.69 Å². The molecule has 0 aliphatic carbocycles. The Morgan fingerprint density at radius 3 is 2.38 bits per heavy atom. The number of benzene rings is 2. The van der Waals surface area contributed by atoms with Gasteiger partial charge in [-0.15, -0.1) is 0 Å². The first-order chi connectivity index (χ1) is 12.5. The van der Waals surface area contributed by atoms with Gasteiger partial charge in [-0.25, -0.2) is 4.79 Å². The quantitative estimate of drug-likeness (QED) is 0.610. The molecule has 0 saturated carbocycles. The number of esters is 1. The zero-order chi connectivity index (χ0) is 18.7. The summed E-state index contributed by atoms with van der Waals surface area (Å²) in [5, 5.41) is 0. The van der Waals surface area contributed by atoms with Gasteiger partial charge in [-0.05, 0) is 42.7 Å². The molecule has 0 bridgehead atoms. The van der Waals surface area contributed by atoms with Gasteiger partial charge in [0.2, 0.25) is 11.8 Å². The fraction of sp³-hybridized carbons (Fsp3) is 0.286. The summed E-state index contributed by atoms with van der Waals surface area (Å²) < 4.78 is 4.95. The summed E-state index contributed by atoms with van der Waals surface area (Å²) in [6.45, 7) is 4.00. The molecule has 1 fully saturated rings. The van der Waals surface area contributed by atoms with Crippen LogP contribution >= 0.6 is 0 Å². The van der Waals surface area contributed by atoms with Crippen molar-refractivity contribution in [1.82, 2.24) is 0 Å². The lowest BCUT2D eigenvalue weighted by molar-refractivity contribution is -0.122. The summed E-state index contributed by atoms with van der Waals surface area (Å²) in [6, 6.07) is 16.1. The Hall–Kier alpha value is -2.95. The van der Waals surface area contributed by atoms with Crippen LogP contribution < -0.4 is 4.90 Å². The highest BCUT2D eigenvalue weighted by Crippen LogP contribution is 2.35. The van der Waals surface area contributed by atoms with Crippen LogP contribution in [0.25, 0.3) is 0 Å². The first kappa shape index (κ1) is 17.9. The van der Waals surface area contributed by atoms with E-state index in [1.165, 1.54) is 4.90 Å². The van der Waals surface area contributed by atoms with Crippen LogP contribution in [0.5, 0.6) is 0 Å². The molecule has 2 amide bonds. The Morgan fingerprint density at radius 2 is 1.77 bits per heavy atom. The van der Waals surface area contributed by atoms with Gasteiger partial charge in [0.05, 0.1) is 23.8 Å². The summed E-state index contributed by atoms with van der Waals surface area (Å²) in [7, 11) is 0. The molecule has 1 aliphatic rings. The zero-order valence-corrected chi connectivity index (χ0v) is 14.8. The number of rotatable bonds is 5. The Morgan fingerprint density at radius 1 is 1.12 bits per heavy atom. The standard InChI is InChI=1S/C21H21NO4/c1-3-26-21(25)16-9-11-17(12-10-16)22-19(23)13-18(20(22)24)14(2)15-7-5-4-6-8-15/h4-12,14,18H,3,13H2,1-2H3/t14-,18-/m1/s1. The van der Waals surface area contributed by atoms with Crippen LogP contribution in [-0.2, 0) is 14.3 Å². The summed E-state index contributed by atoms with van der Waals surface area (Å²) in [4.78, 5) is 38.3. The van der Waals surface area contributed by atoms with E-state index in [4.69, 9.17) is 4.74 Å². The van der Waals surface area contributed by atoms with Crippen molar-refractivity contribution in [2.75, 3.05) is 11.5 Å².